The largest absolute Gasteiger partial charge is 0.438 e. The standard InChI is InChI=1S/C13H13N3O2/c1-9-12(7-14)13(16(2)15-9)18-11-5-3-4-10(6-11)8-17/h3-6,17H,8H2,1-2H3. The topological polar surface area (TPSA) is 71.1 Å². The van der Waals surface area contributed by atoms with E-state index >= 15 is 0 Å². The molecule has 0 saturated heterocycles. The molecule has 18 heavy (non-hydrogen) atoms. The average Bonchev–Trinajstić information content (AvgIpc) is 2.64. The van der Waals surface area contributed by atoms with Crippen LogP contribution in [0.1, 0.15) is 16.8 Å². The highest BCUT2D eigenvalue weighted by Gasteiger charge is 2.15. The third-order valence-corrected chi connectivity index (χ3v) is 2.58. The maximum absolute atomic E-state index is 9.07. The molecule has 0 aliphatic carbocycles. The summed E-state index contributed by atoms with van der Waals surface area (Å²) in [6.45, 7) is 1.71. The van der Waals surface area contributed by atoms with E-state index in [9.17, 15) is 0 Å². The van der Waals surface area contributed by atoms with Crippen LogP contribution in [0, 0.1) is 18.3 Å². The zero-order valence-corrected chi connectivity index (χ0v) is 10.2. The fraction of sp³-hybridized carbons (Fsp3) is 0.231. The smallest absolute Gasteiger partial charge is 0.235 e. The van der Waals surface area contributed by atoms with Crippen molar-refractivity contribution in [2.45, 2.75) is 13.5 Å². The van der Waals surface area contributed by atoms with Crippen molar-refractivity contribution in [3.05, 3.63) is 41.1 Å². The molecule has 1 heterocycles. The SMILES string of the molecule is Cc1nn(C)c(Oc2cccc(CO)c2)c1C#N. The van der Waals surface area contributed by atoms with E-state index < -0.39 is 0 Å². The molecule has 2 aromatic rings. The van der Waals surface area contributed by atoms with Gasteiger partial charge in [-0.15, -0.1) is 0 Å². The van der Waals surface area contributed by atoms with E-state index in [0.717, 1.165) is 5.56 Å². The number of rotatable bonds is 3. The van der Waals surface area contributed by atoms with E-state index in [2.05, 4.69) is 11.2 Å². The lowest BCUT2D eigenvalue weighted by molar-refractivity contribution is 0.281. The first kappa shape index (κ1) is 12.1. The van der Waals surface area contributed by atoms with Crippen molar-refractivity contribution in [1.82, 2.24) is 9.78 Å². The molecule has 0 amide bonds. The van der Waals surface area contributed by atoms with Crippen LogP contribution < -0.4 is 4.74 Å². The molecule has 0 bridgehead atoms. The number of nitrogens with zero attached hydrogens (tertiary/aromatic N) is 3. The molecular weight excluding hydrogens is 230 g/mol. The molecule has 1 aromatic carbocycles. The Bertz CT molecular complexity index is 611. The van der Waals surface area contributed by atoms with Crippen molar-refractivity contribution in [3.8, 4) is 17.7 Å². The predicted octanol–water partition coefficient (Wildman–Crippen LogP) is 1.88. The van der Waals surface area contributed by atoms with Crippen LogP contribution in [0.25, 0.3) is 0 Å². The van der Waals surface area contributed by atoms with Gasteiger partial charge in [-0.3, -0.25) is 0 Å². The minimum absolute atomic E-state index is 0.0489. The van der Waals surface area contributed by atoms with Gasteiger partial charge in [0.25, 0.3) is 0 Å². The highest BCUT2D eigenvalue weighted by molar-refractivity contribution is 5.44. The van der Waals surface area contributed by atoms with E-state index in [-0.39, 0.29) is 6.61 Å². The van der Waals surface area contributed by atoms with E-state index in [0.29, 0.717) is 22.9 Å². The van der Waals surface area contributed by atoms with Crippen LogP contribution in [-0.4, -0.2) is 14.9 Å². The second kappa shape index (κ2) is 4.90. The van der Waals surface area contributed by atoms with Crippen LogP contribution in [0.15, 0.2) is 24.3 Å². The Kier molecular flexibility index (Phi) is 3.31. The van der Waals surface area contributed by atoms with Gasteiger partial charge in [-0.05, 0) is 24.6 Å². The maximum Gasteiger partial charge on any atom is 0.235 e. The van der Waals surface area contributed by atoms with Gasteiger partial charge in [0.05, 0.1) is 12.3 Å². The van der Waals surface area contributed by atoms with Crippen LogP contribution in [-0.2, 0) is 13.7 Å². The van der Waals surface area contributed by atoms with Gasteiger partial charge < -0.3 is 9.84 Å². The van der Waals surface area contributed by atoms with Crippen molar-refractivity contribution < 1.29 is 9.84 Å². The van der Waals surface area contributed by atoms with Crippen molar-refractivity contribution in [1.29, 1.82) is 5.26 Å². The van der Waals surface area contributed by atoms with Crippen LogP contribution in [0.3, 0.4) is 0 Å². The average molecular weight is 243 g/mol. The Morgan fingerprint density at radius 1 is 1.50 bits per heavy atom. The summed E-state index contributed by atoms with van der Waals surface area (Å²) in [4.78, 5) is 0. The maximum atomic E-state index is 9.07. The summed E-state index contributed by atoms with van der Waals surface area (Å²) in [7, 11) is 1.72. The normalized spacial score (nSPS) is 10.1. The second-order valence-corrected chi connectivity index (χ2v) is 3.91. The summed E-state index contributed by atoms with van der Waals surface area (Å²) >= 11 is 0. The summed E-state index contributed by atoms with van der Waals surface area (Å²) in [5.41, 5.74) is 1.81. The Morgan fingerprint density at radius 2 is 2.28 bits per heavy atom. The van der Waals surface area contributed by atoms with E-state index in [4.69, 9.17) is 15.1 Å². The first-order valence-electron chi connectivity index (χ1n) is 5.47. The highest BCUT2D eigenvalue weighted by Crippen LogP contribution is 2.26. The molecule has 2 rings (SSSR count). The van der Waals surface area contributed by atoms with Crippen molar-refractivity contribution >= 4 is 0 Å². The number of hydrogen-bond donors (Lipinski definition) is 1. The van der Waals surface area contributed by atoms with E-state index in [1.807, 2.05) is 0 Å². The Hall–Kier alpha value is -2.32. The lowest BCUT2D eigenvalue weighted by atomic mass is 10.2. The molecule has 0 saturated carbocycles. The molecular formula is C13H13N3O2. The van der Waals surface area contributed by atoms with E-state index in [1.165, 1.54) is 4.68 Å². The lowest BCUT2D eigenvalue weighted by Crippen LogP contribution is -1.96. The van der Waals surface area contributed by atoms with Gasteiger partial charge in [0.1, 0.15) is 17.4 Å². The number of benzene rings is 1. The minimum atomic E-state index is -0.0489. The number of aliphatic hydroxyl groups is 1. The number of ether oxygens (including phenoxy) is 1. The minimum Gasteiger partial charge on any atom is -0.438 e. The van der Waals surface area contributed by atoms with Gasteiger partial charge in [-0.25, -0.2) is 4.68 Å². The number of aryl methyl sites for hydroxylation is 2. The second-order valence-electron chi connectivity index (χ2n) is 3.91. The zero-order valence-electron chi connectivity index (χ0n) is 10.2. The van der Waals surface area contributed by atoms with Crippen LogP contribution in [0.2, 0.25) is 0 Å². The van der Waals surface area contributed by atoms with Crippen molar-refractivity contribution in [3.63, 3.8) is 0 Å². The van der Waals surface area contributed by atoms with Gasteiger partial charge in [-0.2, -0.15) is 10.4 Å². The first-order valence-corrected chi connectivity index (χ1v) is 5.47. The molecule has 0 spiro atoms. The summed E-state index contributed by atoms with van der Waals surface area (Å²) in [5, 5.41) is 22.3. The molecule has 0 radical (unpaired) electrons. The van der Waals surface area contributed by atoms with E-state index in [1.54, 1.807) is 38.2 Å². The van der Waals surface area contributed by atoms with Gasteiger partial charge in [-0.1, -0.05) is 12.1 Å². The van der Waals surface area contributed by atoms with Gasteiger partial charge in [0.2, 0.25) is 5.88 Å². The number of aliphatic hydroxyl groups excluding tert-OH is 1. The van der Waals surface area contributed by atoms with Gasteiger partial charge in [0.15, 0.2) is 0 Å². The van der Waals surface area contributed by atoms with Crippen molar-refractivity contribution in [2.75, 3.05) is 0 Å². The zero-order chi connectivity index (χ0) is 13.1. The van der Waals surface area contributed by atoms with Gasteiger partial charge >= 0.3 is 0 Å². The summed E-state index contributed by atoms with van der Waals surface area (Å²) in [6, 6.07) is 9.15. The number of nitriles is 1. The molecule has 5 heteroatoms. The van der Waals surface area contributed by atoms with Crippen LogP contribution >= 0.6 is 0 Å². The first-order chi connectivity index (χ1) is 8.65. The monoisotopic (exact) mass is 243 g/mol. The molecule has 0 aliphatic rings. The lowest BCUT2D eigenvalue weighted by Gasteiger charge is -2.07. The Morgan fingerprint density at radius 3 is 2.94 bits per heavy atom. The fourth-order valence-corrected chi connectivity index (χ4v) is 1.70. The summed E-state index contributed by atoms with van der Waals surface area (Å²) in [6.07, 6.45) is 0. The van der Waals surface area contributed by atoms with Gasteiger partial charge in [0, 0.05) is 7.05 Å². The molecule has 1 aromatic heterocycles. The molecule has 0 aliphatic heterocycles. The highest BCUT2D eigenvalue weighted by atomic mass is 16.5. The Labute approximate surface area is 105 Å². The number of hydrogen-bond acceptors (Lipinski definition) is 4. The van der Waals surface area contributed by atoms with Crippen LogP contribution in [0.4, 0.5) is 0 Å². The molecule has 0 atom stereocenters. The summed E-state index contributed by atoms with van der Waals surface area (Å²) < 4.78 is 7.19. The molecule has 92 valence electrons. The molecule has 1 N–H and O–H groups in total. The fourth-order valence-electron chi connectivity index (χ4n) is 1.70. The Balaban J connectivity index is 2.37. The third-order valence-electron chi connectivity index (χ3n) is 2.58. The number of aromatic nitrogens is 2. The molecule has 5 nitrogen and oxygen atoms in total. The van der Waals surface area contributed by atoms with Crippen molar-refractivity contribution in [2.24, 2.45) is 7.05 Å². The summed E-state index contributed by atoms with van der Waals surface area (Å²) in [5.74, 6) is 0.978. The predicted molar refractivity (Wildman–Crippen MR) is 65.1 cm³/mol. The molecule has 0 unspecified atom stereocenters. The third kappa shape index (κ3) is 2.19. The molecule has 0 fully saturated rings. The van der Waals surface area contributed by atoms with Crippen LogP contribution in [0.5, 0.6) is 11.6 Å². The quantitative estimate of drug-likeness (QED) is 0.893.